The first-order valence-corrected chi connectivity index (χ1v) is 9.26. The van der Waals surface area contributed by atoms with E-state index < -0.39 is 5.91 Å². The number of hydrogen-bond donors (Lipinski definition) is 2. The molecule has 0 radical (unpaired) electrons. The second-order valence-corrected chi connectivity index (χ2v) is 7.02. The fourth-order valence-corrected chi connectivity index (χ4v) is 3.11. The van der Waals surface area contributed by atoms with Crippen molar-refractivity contribution in [3.63, 3.8) is 0 Å². The topological polar surface area (TPSA) is 64.9 Å². The molecule has 3 aromatic rings. The molecule has 3 rings (SSSR count). The van der Waals surface area contributed by atoms with E-state index in [0.29, 0.717) is 0 Å². The van der Waals surface area contributed by atoms with Crippen molar-refractivity contribution in [2.45, 2.75) is 26.7 Å². The van der Waals surface area contributed by atoms with Crippen LogP contribution in [-0.2, 0) is 4.79 Å². The van der Waals surface area contributed by atoms with Crippen LogP contribution in [0.5, 0.6) is 0 Å². The fourth-order valence-electron chi connectivity index (χ4n) is 3.11. The molecule has 0 spiro atoms. The number of hydrogen-bond acceptors (Lipinski definition) is 3. The smallest absolute Gasteiger partial charge is 0.267 e. The molecule has 140 valence electrons. The summed E-state index contributed by atoms with van der Waals surface area (Å²) >= 11 is 0. The maximum atomic E-state index is 12.7. The first-order valence-electron chi connectivity index (χ1n) is 9.26. The summed E-state index contributed by atoms with van der Waals surface area (Å²) in [5, 5.41) is 17.6. The number of nitrogens with zero attached hydrogens (tertiary/aromatic N) is 1. The maximum Gasteiger partial charge on any atom is 0.267 e. The van der Waals surface area contributed by atoms with Gasteiger partial charge in [-0.2, -0.15) is 5.26 Å². The normalized spacial score (nSPS) is 11.3. The second-order valence-electron chi connectivity index (χ2n) is 7.02. The average Bonchev–Trinajstić information content (AvgIpc) is 2.69. The van der Waals surface area contributed by atoms with Crippen molar-refractivity contribution in [3.05, 3.63) is 83.6 Å². The number of carbonyl (C=O) groups excluding carboxylic acids is 1. The molecule has 0 saturated carbocycles. The summed E-state index contributed by atoms with van der Waals surface area (Å²) in [7, 11) is 0. The van der Waals surface area contributed by atoms with Gasteiger partial charge in [0.15, 0.2) is 0 Å². The number of carbonyl (C=O) groups is 1. The van der Waals surface area contributed by atoms with Crippen molar-refractivity contribution >= 4 is 28.1 Å². The molecule has 4 heteroatoms. The van der Waals surface area contributed by atoms with Gasteiger partial charge in [-0.3, -0.25) is 4.79 Å². The van der Waals surface area contributed by atoms with Crippen molar-refractivity contribution in [3.8, 4) is 6.07 Å². The SMILES string of the molecule is Cc1cccc(C(C)C)c1NC(=O)/C(C#N)=C\Nc1ccc2ccccc2c1. The number of nitriles is 1. The standard InChI is InChI=1S/C24H23N3O/c1-16(2)22-10-6-7-17(3)23(22)27-24(28)20(14-25)15-26-21-12-11-18-8-4-5-9-19(18)13-21/h4-13,15-16,26H,1-3H3,(H,27,28)/b20-15-. The zero-order chi connectivity index (χ0) is 20.1. The lowest BCUT2D eigenvalue weighted by Gasteiger charge is -2.16. The number of para-hydroxylation sites is 1. The third-order valence-electron chi connectivity index (χ3n) is 4.66. The monoisotopic (exact) mass is 369 g/mol. The molecule has 0 aliphatic carbocycles. The number of fused-ring (bicyclic) bond motifs is 1. The van der Waals surface area contributed by atoms with Crippen LogP contribution < -0.4 is 10.6 Å². The minimum absolute atomic E-state index is 0.0196. The summed E-state index contributed by atoms with van der Waals surface area (Å²) in [6.07, 6.45) is 1.45. The fraction of sp³-hybridized carbons (Fsp3) is 0.167. The first kappa shape index (κ1) is 19.2. The Hall–Kier alpha value is -3.58. The van der Waals surface area contributed by atoms with E-state index in [2.05, 4.69) is 24.5 Å². The number of anilines is 2. The highest BCUT2D eigenvalue weighted by Crippen LogP contribution is 2.27. The Balaban J connectivity index is 1.81. The van der Waals surface area contributed by atoms with Gasteiger partial charge in [-0.15, -0.1) is 0 Å². The lowest BCUT2D eigenvalue weighted by molar-refractivity contribution is -0.112. The third-order valence-corrected chi connectivity index (χ3v) is 4.66. The maximum absolute atomic E-state index is 12.7. The largest absolute Gasteiger partial charge is 0.360 e. The van der Waals surface area contributed by atoms with E-state index in [1.807, 2.05) is 73.7 Å². The summed E-state index contributed by atoms with van der Waals surface area (Å²) < 4.78 is 0. The predicted octanol–water partition coefficient (Wildman–Crippen LogP) is 5.73. The molecule has 0 fully saturated rings. The molecule has 28 heavy (non-hydrogen) atoms. The van der Waals surface area contributed by atoms with Crippen molar-refractivity contribution in [1.29, 1.82) is 5.26 Å². The lowest BCUT2D eigenvalue weighted by Crippen LogP contribution is -2.17. The van der Waals surface area contributed by atoms with Crippen molar-refractivity contribution in [2.75, 3.05) is 10.6 Å². The van der Waals surface area contributed by atoms with Gasteiger partial charge in [-0.05, 0) is 46.9 Å². The quantitative estimate of drug-likeness (QED) is 0.446. The van der Waals surface area contributed by atoms with Gasteiger partial charge in [0.2, 0.25) is 0 Å². The molecule has 0 aliphatic heterocycles. The Kier molecular flexibility index (Phi) is 5.76. The van der Waals surface area contributed by atoms with Crippen LogP contribution in [-0.4, -0.2) is 5.91 Å². The minimum Gasteiger partial charge on any atom is -0.360 e. The van der Waals surface area contributed by atoms with Gasteiger partial charge in [-0.25, -0.2) is 0 Å². The van der Waals surface area contributed by atoms with E-state index in [1.165, 1.54) is 6.20 Å². The van der Waals surface area contributed by atoms with Crippen LogP contribution in [0.2, 0.25) is 0 Å². The van der Waals surface area contributed by atoms with Crippen LogP contribution in [0, 0.1) is 18.3 Å². The molecule has 3 aromatic carbocycles. The van der Waals surface area contributed by atoms with Crippen molar-refractivity contribution in [1.82, 2.24) is 0 Å². The predicted molar refractivity (Wildman–Crippen MR) is 115 cm³/mol. The van der Waals surface area contributed by atoms with E-state index in [9.17, 15) is 10.1 Å². The minimum atomic E-state index is -0.424. The summed E-state index contributed by atoms with van der Waals surface area (Å²) in [5.41, 5.74) is 3.63. The van der Waals surface area contributed by atoms with Crippen molar-refractivity contribution in [2.24, 2.45) is 0 Å². The summed E-state index contributed by atoms with van der Waals surface area (Å²) in [6.45, 7) is 6.10. The van der Waals surface area contributed by atoms with Gasteiger partial charge >= 0.3 is 0 Å². The molecule has 4 nitrogen and oxygen atoms in total. The number of nitrogens with one attached hydrogen (secondary N) is 2. The van der Waals surface area contributed by atoms with E-state index >= 15 is 0 Å². The van der Waals surface area contributed by atoms with Gasteiger partial charge in [0.25, 0.3) is 5.91 Å². The highest BCUT2D eigenvalue weighted by molar-refractivity contribution is 6.07. The number of amides is 1. The summed E-state index contributed by atoms with van der Waals surface area (Å²) in [6, 6.07) is 21.8. The molecule has 1 amide bonds. The molecule has 0 bridgehead atoms. The van der Waals surface area contributed by atoms with Crippen LogP contribution in [0.1, 0.15) is 30.9 Å². The number of rotatable bonds is 5. The molecule has 0 unspecified atom stereocenters. The third kappa shape index (κ3) is 4.21. The molecule has 0 aliphatic rings. The van der Waals surface area contributed by atoms with Gasteiger partial charge in [-0.1, -0.05) is 62.4 Å². The van der Waals surface area contributed by atoms with Crippen LogP contribution in [0.4, 0.5) is 11.4 Å². The van der Waals surface area contributed by atoms with Crippen LogP contribution in [0.15, 0.2) is 72.4 Å². The Labute approximate surface area is 165 Å². The molecule has 0 heterocycles. The van der Waals surface area contributed by atoms with Crippen LogP contribution >= 0.6 is 0 Å². The highest BCUT2D eigenvalue weighted by atomic mass is 16.1. The zero-order valence-corrected chi connectivity index (χ0v) is 16.3. The van der Waals surface area contributed by atoms with E-state index in [1.54, 1.807) is 0 Å². The Morgan fingerprint density at radius 1 is 1.04 bits per heavy atom. The molecule has 0 saturated heterocycles. The van der Waals surface area contributed by atoms with E-state index in [4.69, 9.17) is 0 Å². The van der Waals surface area contributed by atoms with Crippen LogP contribution in [0.3, 0.4) is 0 Å². The Bertz CT molecular complexity index is 1090. The van der Waals surface area contributed by atoms with Gasteiger partial charge in [0.1, 0.15) is 11.6 Å². The average molecular weight is 369 g/mol. The molecule has 0 atom stereocenters. The number of aryl methyl sites for hydroxylation is 1. The Morgan fingerprint density at radius 2 is 1.79 bits per heavy atom. The lowest BCUT2D eigenvalue weighted by atomic mass is 9.98. The molecule has 0 aromatic heterocycles. The van der Waals surface area contributed by atoms with Crippen LogP contribution in [0.25, 0.3) is 10.8 Å². The number of benzene rings is 3. The molecular formula is C24H23N3O. The van der Waals surface area contributed by atoms with E-state index in [0.717, 1.165) is 33.3 Å². The van der Waals surface area contributed by atoms with Gasteiger partial charge in [0, 0.05) is 17.6 Å². The Morgan fingerprint density at radius 3 is 2.50 bits per heavy atom. The van der Waals surface area contributed by atoms with E-state index in [-0.39, 0.29) is 11.5 Å². The molecular weight excluding hydrogens is 346 g/mol. The summed E-state index contributed by atoms with van der Waals surface area (Å²) in [5.74, 6) is -0.160. The van der Waals surface area contributed by atoms with Gasteiger partial charge in [0.05, 0.1) is 0 Å². The molecule has 2 N–H and O–H groups in total. The zero-order valence-electron chi connectivity index (χ0n) is 16.3. The van der Waals surface area contributed by atoms with Crippen molar-refractivity contribution < 1.29 is 4.79 Å². The second kappa shape index (κ2) is 8.41. The first-order chi connectivity index (χ1) is 13.5. The van der Waals surface area contributed by atoms with Gasteiger partial charge < -0.3 is 10.6 Å². The highest BCUT2D eigenvalue weighted by Gasteiger charge is 2.15. The summed E-state index contributed by atoms with van der Waals surface area (Å²) in [4.78, 5) is 12.7.